The van der Waals surface area contributed by atoms with Crippen molar-refractivity contribution in [3.63, 3.8) is 0 Å². The molecule has 3 rings (SSSR count). The van der Waals surface area contributed by atoms with Crippen LogP contribution >= 0.6 is 8.07 Å². The Morgan fingerprint density at radius 2 is 0.839 bits per heavy atom. The van der Waals surface area contributed by atoms with E-state index in [1.165, 1.54) is 11.1 Å². The van der Waals surface area contributed by atoms with Crippen LogP contribution in [0.3, 0.4) is 0 Å². The quantitative estimate of drug-likeness (QED) is 0.265. The third-order valence-electron chi connectivity index (χ3n) is 3.71. The second-order valence-electron chi connectivity index (χ2n) is 4.88. The molecule has 6 nitrogen and oxygen atoms in total. The van der Waals surface area contributed by atoms with Crippen LogP contribution < -0.4 is 0 Å². The monoisotopic (exact) mass is 605 g/mol. The molecule has 0 saturated carbocycles. The van der Waals surface area contributed by atoms with E-state index < -0.39 is 0 Å². The van der Waals surface area contributed by atoms with Crippen molar-refractivity contribution < 1.29 is 44.3 Å². The molecule has 2 aromatic carbocycles. The summed E-state index contributed by atoms with van der Waals surface area (Å²) in [5, 5.41) is 3.13. The molecule has 0 N–H and O–H groups in total. The van der Waals surface area contributed by atoms with Crippen LogP contribution in [0.1, 0.15) is 25.0 Å². The number of nitrogens with zero attached hydrogens (tertiary/aromatic N) is 1. The predicted molar refractivity (Wildman–Crippen MR) is 109 cm³/mol. The number of rotatable bonds is 5. The number of hydrogen-bond donors (Lipinski definition) is 0. The Balaban J connectivity index is -0.000000293. The second-order valence-corrected chi connectivity index (χ2v) is 6.96. The van der Waals surface area contributed by atoms with Gasteiger partial charge in [-0.1, -0.05) is 74.5 Å². The Hall–Kier alpha value is -2.04. The fourth-order valence-corrected chi connectivity index (χ4v) is 5.28. The molecule has 0 amide bonds. The predicted octanol–water partition coefficient (Wildman–Crippen LogP) is 5.07. The third-order valence-corrected chi connectivity index (χ3v) is 6.42. The molecule has 0 aliphatic carbocycles. The summed E-state index contributed by atoms with van der Waals surface area (Å²) in [6.07, 6.45) is 0. The summed E-state index contributed by atoms with van der Waals surface area (Å²) in [5.74, 6) is 0. The van der Waals surface area contributed by atoms with Gasteiger partial charge < -0.3 is 0 Å². The minimum atomic E-state index is -0.227. The maximum Gasteiger partial charge on any atom is 0 e. The normalized spacial score (nSPS) is 9.97. The first-order valence-corrected chi connectivity index (χ1v) is 9.58. The summed E-state index contributed by atoms with van der Waals surface area (Å²) in [5.41, 5.74) is 2.79. The zero-order valence-electron chi connectivity index (χ0n) is 17.0. The van der Waals surface area contributed by atoms with E-state index in [4.69, 9.17) is 23.3 Å². The van der Waals surface area contributed by atoms with Crippen molar-refractivity contribution >= 4 is 18.7 Å². The standard InChI is InChI=1S/C18H20NP.5CO.W/c1-3-19(4-2)20-17(15-11-7-5-8-12-15)18(20)16-13-9-6-10-14-16;5*1-2;/h5-14H,3-4H2,1-2H3;;;;;;. The van der Waals surface area contributed by atoms with E-state index in [2.05, 4.69) is 112 Å². The third kappa shape index (κ3) is 11.8. The van der Waals surface area contributed by atoms with Crippen LogP contribution in [0.15, 0.2) is 60.7 Å². The topological polar surface area (TPSA) is 103 Å². The largest absolute Gasteiger partial charge is 0 e. The molecule has 2 aromatic rings. The fraction of sp³-hybridized carbons (Fsp3) is 0.174. The van der Waals surface area contributed by atoms with Crippen LogP contribution in [0, 0.1) is 33.3 Å². The first-order valence-electron chi connectivity index (χ1n) is 8.29. The van der Waals surface area contributed by atoms with Crippen LogP contribution in [0.4, 0.5) is 0 Å². The molecule has 0 spiro atoms. The Morgan fingerprint density at radius 3 is 1.06 bits per heavy atom. The van der Waals surface area contributed by atoms with Crippen molar-refractivity contribution in [3.05, 3.63) is 105 Å². The minimum Gasteiger partial charge on any atom is 0 e. The molecule has 1 aliphatic rings. The Morgan fingerprint density at radius 1 is 0.581 bits per heavy atom. The molecular formula is C23H20NO5PW. The summed E-state index contributed by atoms with van der Waals surface area (Å²) in [6.45, 7) is 29.3. The second kappa shape index (κ2) is 26.0. The van der Waals surface area contributed by atoms with Crippen LogP contribution in [-0.4, -0.2) is 17.8 Å². The molecule has 0 fully saturated rings. The Kier molecular flexibility index (Phi) is 30.5. The number of benzene rings is 2. The first-order chi connectivity index (χ1) is 14.9. The van der Waals surface area contributed by atoms with Gasteiger partial charge >= 0.3 is 56.5 Å². The molecule has 1 aliphatic heterocycles. The van der Waals surface area contributed by atoms with Gasteiger partial charge in [0.25, 0.3) is 0 Å². The molecule has 31 heavy (non-hydrogen) atoms. The number of hydrogen-bond acceptors (Lipinski definition) is 1. The molecular weight excluding hydrogens is 585 g/mol. The van der Waals surface area contributed by atoms with E-state index in [-0.39, 0.29) is 29.1 Å². The first kappa shape index (κ1) is 36.3. The van der Waals surface area contributed by atoms with Gasteiger partial charge in [0, 0.05) is 39.8 Å². The molecule has 158 valence electrons. The maximum atomic E-state index is 7.50. The summed E-state index contributed by atoms with van der Waals surface area (Å²) < 4.78 is 40.1. The van der Waals surface area contributed by atoms with E-state index in [0.29, 0.717) is 0 Å². The maximum absolute atomic E-state index is 7.50. The summed E-state index contributed by atoms with van der Waals surface area (Å²) in [7, 11) is -0.227. The zero-order chi connectivity index (χ0) is 23.9. The molecule has 0 unspecified atom stereocenters. The van der Waals surface area contributed by atoms with E-state index in [0.717, 1.165) is 13.1 Å². The van der Waals surface area contributed by atoms with Crippen LogP contribution in [0.25, 0.3) is 10.6 Å². The Labute approximate surface area is 199 Å². The summed E-state index contributed by atoms with van der Waals surface area (Å²) >= 11 is 0. The van der Waals surface area contributed by atoms with Crippen LogP contribution in [0.5, 0.6) is 0 Å². The fourth-order valence-electron chi connectivity index (χ4n) is 2.66. The van der Waals surface area contributed by atoms with Crippen molar-refractivity contribution in [2.24, 2.45) is 0 Å². The molecule has 1 heterocycles. The minimum absolute atomic E-state index is 0. The average Bonchev–Trinajstić information content (AvgIpc) is 3.63. The molecule has 8 heteroatoms. The SMILES string of the molecule is CCN(CC)P1C(c2ccccc2)=C1c1ccccc1.[C-]#[O+].[C-]#[O+].[C-]#[O+].[C-]#[O+].[C-]#[O+].[W]. The molecule has 0 atom stereocenters. The summed E-state index contributed by atoms with van der Waals surface area (Å²) in [6, 6.07) is 21.7. The van der Waals surface area contributed by atoms with E-state index >= 15 is 0 Å². The van der Waals surface area contributed by atoms with Gasteiger partial charge in [-0.25, -0.2) is 0 Å². The van der Waals surface area contributed by atoms with Crippen molar-refractivity contribution in [2.45, 2.75) is 13.8 Å². The van der Waals surface area contributed by atoms with E-state index in [9.17, 15) is 0 Å². The van der Waals surface area contributed by atoms with Gasteiger partial charge in [-0.15, -0.1) is 0 Å². The van der Waals surface area contributed by atoms with Crippen LogP contribution in [-0.2, 0) is 44.3 Å². The van der Waals surface area contributed by atoms with Gasteiger partial charge in [0.05, 0.1) is 0 Å². The van der Waals surface area contributed by atoms with E-state index in [1.807, 2.05) is 0 Å². The average molecular weight is 605 g/mol. The molecule has 0 saturated heterocycles. The van der Waals surface area contributed by atoms with Gasteiger partial charge in [-0.2, -0.15) is 0 Å². The molecule has 0 radical (unpaired) electrons. The molecule has 0 aromatic heterocycles. The van der Waals surface area contributed by atoms with Crippen LogP contribution in [0.2, 0.25) is 0 Å². The summed E-state index contributed by atoms with van der Waals surface area (Å²) in [4.78, 5) is 0. The van der Waals surface area contributed by atoms with Gasteiger partial charge in [-0.05, 0) is 24.2 Å². The smallest absolute Gasteiger partial charge is 0 e. The van der Waals surface area contributed by atoms with E-state index in [1.54, 1.807) is 10.6 Å². The van der Waals surface area contributed by atoms with Crippen molar-refractivity contribution in [2.75, 3.05) is 13.1 Å². The zero-order valence-corrected chi connectivity index (χ0v) is 20.9. The van der Waals surface area contributed by atoms with Gasteiger partial charge in [-0.3, -0.25) is 4.67 Å². The van der Waals surface area contributed by atoms with Crippen molar-refractivity contribution in [1.29, 1.82) is 0 Å². The molecule has 0 bridgehead atoms. The van der Waals surface area contributed by atoms with Gasteiger partial charge in [0.1, 0.15) is 0 Å². The van der Waals surface area contributed by atoms with Gasteiger partial charge in [0.15, 0.2) is 0 Å². The Bertz CT molecular complexity index is 741. The van der Waals surface area contributed by atoms with Gasteiger partial charge in [0.2, 0.25) is 0 Å². The van der Waals surface area contributed by atoms with Crippen molar-refractivity contribution in [1.82, 2.24) is 4.67 Å². The van der Waals surface area contributed by atoms with Crippen molar-refractivity contribution in [3.8, 4) is 0 Å².